The summed E-state index contributed by atoms with van der Waals surface area (Å²) in [6, 6.07) is 14.7. The van der Waals surface area contributed by atoms with Gasteiger partial charge in [0.25, 0.3) is 5.91 Å². The van der Waals surface area contributed by atoms with Crippen molar-refractivity contribution in [2.24, 2.45) is 5.10 Å². The van der Waals surface area contributed by atoms with Crippen LogP contribution in [0.25, 0.3) is 0 Å². The van der Waals surface area contributed by atoms with Crippen LogP contribution in [-0.4, -0.2) is 36.2 Å². The molecule has 0 saturated heterocycles. The summed E-state index contributed by atoms with van der Waals surface area (Å²) in [7, 11) is 1.40. The largest absolute Gasteiger partial charge is 0.493 e. The molecule has 0 aliphatic carbocycles. The van der Waals surface area contributed by atoms with E-state index in [1.165, 1.54) is 68.8 Å². The van der Waals surface area contributed by atoms with Crippen molar-refractivity contribution >= 4 is 47.0 Å². The van der Waals surface area contributed by atoms with Crippen LogP contribution in [0, 0.1) is 10.1 Å². The van der Waals surface area contributed by atoms with Crippen LogP contribution in [0.5, 0.6) is 17.2 Å². The molecular formula is C24H19Cl2N3O7. The molecule has 10 nitrogen and oxygen atoms in total. The van der Waals surface area contributed by atoms with Gasteiger partial charge in [0.2, 0.25) is 0 Å². The molecule has 186 valence electrons. The molecule has 1 atom stereocenters. The highest BCUT2D eigenvalue weighted by molar-refractivity contribution is 6.36. The normalized spacial score (nSPS) is 11.6. The molecule has 0 aliphatic rings. The fraction of sp³-hybridized carbons (Fsp3) is 0.125. The second kappa shape index (κ2) is 12.0. The molecule has 1 unspecified atom stereocenters. The van der Waals surface area contributed by atoms with Gasteiger partial charge in [0, 0.05) is 11.1 Å². The highest BCUT2D eigenvalue weighted by Gasteiger charge is 2.20. The van der Waals surface area contributed by atoms with Gasteiger partial charge in [-0.05, 0) is 55.0 Å². The summed E-state index contributed by atoms with van der Waals surface area (Å²) in [4.78, 5) is 35.2. The number of rotatable bonds is 9. The number of nitro groups is 1. The van der Waals surface area contributed by atoms with Crippen LogP contribution in [-0.2, 0) is 4.79 Å². The lowest BCUT2D eigenvalue weighted by Crippen LogP contribution is -2.33. The monoisotopic (exact) mass is 531 g/mol. The summed E-state index contributed by atoms with van der Waals surface area (Å²) in [5.74, 6) is -0.986. The zero-order chi connectivity index (χ0) is 26.2. The van der Waals surface area contributed by atoms with Crippen molar-refractivity contribution in [3.8, 4) is 17.2 Å². The summed E-state index contributed by atoms with van der Waals surface area (Å²) in [5.41, 5.74) is 2.69. The van der Waals surface area contributed by atoms with Gasteiger partial charge in [0.15, 0.2) is 23.4 Å². The SMILES string of the molecule is COc1cc(C=NNC(=O)C(C)Oc2ccccc2[N+](=O)[O-])ccc1OC(=O)c1ccc(Cl)cc1Cl. The van der Waals surface area contributed by atoms with Gasteiger partial charge >= 0.3 is 11.7 Å². The van der Waals surface area contributed by atoms with Gasteiger partial charge in [-0.25, -0.2) is 10.2 Å². The van der Waals surface area contributed by atoms with E-state index in [0.29, 0.717) is 10.6 Å². The van der Waals surface area contributed by atoms with Gasteiger partial charge in [0.05, 0.1) is 28.8 Å². The number of halogens is 2. The lowest BCUT2D eigenvalue weighted by Gasteiger charge is -2.13. The van der Waals surface area contributed by atoms with Crippen LogP contribution in [0.15, 0.2) is 65.8 Å². The van der Waals surface area contributed by atoms with E-state index in [4.69, 9.17) is 37.4 Å². The highest BCUT2D eigenvalue weighted by Crippen LogP contribution is 2.30. The molecule has 0 spiro atoms. The number of amides is 1. The van der Waals surface area contributed by atoms with E-state index in [9.17, 15) is 19.7 Å². The number of benzene rings is 3. The van der Waals surface area contributed by atoms with Gasteiger partial charge in [0.1, 0.15) is 0 Å². The Morgan fingerprint density at radius 1 is 1.06 bits per heavy atom. The Labute approximate surface area is 215 Å². The zero-order valence-corrected chi connectivity index (χ0v) is 20.4. The topological polar surface area (TPSA) is 129 Å². The number of hydrogen-bond acceptors (Lipinski definition) is 8. The number of nitro benzene ring substituents is 1. The fourth-order valence-electron chi connectivity index (χ4n) is 2.87. The van der Waals surface area contributed by atoms with E-state index in [1.54, 1.807) is 12.1 Å². The number of nitrogens with one attached hydrogen (secondary N) is 1. The molecule has 1 N–H and O–H groups in total. The smallest absolute Gasteiger partial charge is 0.345 e. The van der Waals surface area contributed by atoms with Crippen molar-refractivity contribution < 1.29 is 28.7 Å². The first kappa shape index (κ1) is 26.5. The Morgan fingerprint density at radius 3 is 2.50 bits per heavy atom. The van der Waals surface area contributed by atoms with Crippen molar-refractivity contribution in [2.75, 3.05) is 7.11 Å². The van der Waals surface area contributed by atoms with Crippen LogP contribution in [0.4, 0.5) is 5.69 Å². The number of para-hydroxylation sites is 2. The minimum Gasteiger partial charge on any atom is -0.493 e. The van der Waals surface area contributed by atoms with Gasteiger partial charge < -0.3 is 14.2 Å². The molecule has 1 amide bonds. The van der Waals surface area contributed by atoms with Gasteiger partial charge in [-0.15, -0.1) is 0 Å². The first-order chi connectivity index (χ1) is 17.2. The first-order valence-corrected chi connectivity index (χ1v) is 11.0. The molecular weight excluding hydrogens is 513 g/mol. The molecule has 3 aromatic rings. The van der Waals surface area contributed by atoms with Crippen LogP contribution in [0.2, 0.25) is 10.0 Å². The number of nitrogens with zero attached hydrogens (tertiary/aromatic N) is 2. The van der Waals surface area contributed by atoms with Crippen molar-refractivity contribution in [3.63, 3.8) is 0 Å². The molecule has 36 heavy (non-hydrogen) atoms. The van der Waals surface area contributed by atoms with E-state index < -0.39 is 22.9 Å². The summed E-state index contributed by atoms with van der Waals surface area (Å²) in [6.07, 6.45) is 0.277. The maximum Gasteiger partial charge on any atom is 0.345 e. The third-order valence-electron chi connectivity index (χ3n) is 4.66. The molecule has 0 aliphatic heterocycles. The molecule has 12 heteroatoms. The maximum absolute atomic E-state index is 12.5. The van der Waals surface area contributed by atoms with Crippen molar-refractivity contribution in [1.82, 2.24) is 5.43 Å². The predicted octanol–water partition coefficient (Wildman–Crippen LogP) is 5.05. The Kier molecular flexibility index (Phi) is 8.82. The number of esters is 1. The van der Waals surface area contributed by atoms with Gasteiger partial charge in [-0.2, -0.15) is 5.10 Å². The molecule has 0 bridgehead atoms. The van der Waals surface area contributed by atoms with E-state index >= 15 is 0 Å². The second-order valence-corrected chi connectivity index (χ2v) is 7.99. The van der Waals surface area contributed by atoms with E-state index in [-0.39, 0.29) is 33.5 Å². The molecule has 3 rings (SSSR count). The highest BCUT2D eigenvalue weighted by atomic mass is 35.5. The summed E-state index contributed by atoms with van der Waals surface area (Å²) >= 11 is 11.9. The lowest BCUT2D eigenvalue weighted by atomic mass is 10.2. The van der Waals surface area contributed by atoms with Crippen molar-refractivity contribution in [2.45, 2.75) is 13.0 Å². The Morgan fingerprint density at radius 2 is 1.81 bits per heavy atom. The van der Waals surface area contributed by atoms with Crippen LogP contribution in [0.1, 0.15) is 22.8 Å². The molecule has 0 aromatic heterocycles. The third-order valence-corrected chi connectivity index (χ3v) is 5.21. The van der Waals surface area contributed by atoms with E-state index in [0.717, 1.165) is 0 Å². The Hall–Kier alpha value is -4.15. The van der Waals surface area contributed by atoms with Crippen LogP contribution >= 0.6 is 23.2 Å². The average molecular weight is 532 g/mol. The zero-order valence-electron chi connectivity index (χ0n) is 18.9. The second-order valence-electron chi connectivity index (χ2n) is 7.14. The number of carbonyl (C=O) groups is 2. The van der Waals surface area contributed by atoms with Crippen LogP contribution in [0.3, 0.4) is 0 Å². The standard InChI is InChI=1S/C24H19Cl2N3O7/c1-14(35-20-6-4-3-5-19(20)29(32)33)23(30)28-27-13-15-7-10-21(22(11-15)34-2)36-24(31)17-9-8-16(25)12-18(17)26/h3-14H,1-2H3,(H,28,30). The number of hydrogen-bond donors (Lipinski definition) is 1. The molecule has 0 radical (unpaired) electrons. The summed E-state index contributed by atoms with van der Waals surface area (Å²) in [5, 5.41) is 15.5. The predicted molar refractivity (Wildman–Crippen MR) is 133 cm³/mol. The quantitative estimate of drug-likeness (QED) is 0.134. The summed E-state index contributed by atoms with van der Waals surface area (Å²) in [6.45, 7) is 1.43. The first-order valence-electron chi connectivity index (χ1n) is 10.3. The Bertz CT molecular complexity index is 1330. The van der Waals surface area contributed by atoms with Crippen molar-refractivity contribution in [1.29, 1.82) is 0 Å². The maximum atomic E-state index is 12.5. The van der Waals surface area contributed by atoms with E-state index in [1.807, 2.05) is 0 Å². The summed E-state index contributed by atoms with van der Waals surface area (Å²) < 4.78 is 16.1. The molecule has 0 saturated carbocycles. The number of carbonyl (C=O) groups excluding carboxylic acids is 2. The number of hydrazone groups is 1. The minimum atomic E-state index is -1.06. The van der Waals surface area contributed by atoms with Crippen molar-refractivity contribution in [3.05, 3.63) is 92.0 Å². The van der Waals surface area contributed by atoms with E-state index in [2.05, 4.69) is 10.5 Å². The molecule has 3 aromatic carbocycles. The number of ether oxygens (including phenoxy) is 3. The van der Waals surface area contributed by atoms with Gasteiger partial charge in [-0.1, -0.05) is 35.3 Å². The lowest BCUT2D eigenvalue weighted by molar-refractivity contribution is -0.386. The fourth-order valence-corrected chi connectivity index (χ4v) is 3.36. The van der Waals surface area contributed by atoms with Crippen LogP contribution < -0.4 is 19.6 Å². The average Bonchev–Trinajstić information content (AvgIpc) is 2.84. The number of methoxy groups -OCH3 is 1. The molecule has 0 heterocycles. The third kappa shape index (κ3) is 6.71. The minimum absolute atomic E-state index is 0.0381. The molecule has 0 fully saturated rings. The van der Waals surface area contributed by atoms with Gasteiger partial charge in [-0.3, -0.25) is 14.9 Å². The Balaban J connectivity index is 1.63.